The lowest BCUT2D eigenvalue weighted by Crippen LogP contribution is -2.40. The highest BCUT2D eigenvalue weighted by Crippen LogP contribution is 2.15. The van der Waals surface area contributed by atoms with Crippen LogP contribution in [0.4, 0.5) is 4.79 Å². The second-order valence-electron chi connectivity index (χ2n) is 5.13. The van der Waals surface area contributed by atoms with Crippen LogP contribution >= 0.6 is 0 Å². The van der Waals surface area contributed by atoms with E-state index in [1.54, 1.807) is 0 Å². The molecule has 0 fully saturated rings. The topological polar surface area (TPSA) is 46.1 Å². The zero-order valence-electron chi connectivity index (χ0n) is 12.2. The molecule has 2 rings (SSSR count). The van der Waals surface area contributed by atoms with Gasteiger partial charge in [0.15, 0.2) is 0 Å². The number of carbonyl (C=O) groups is 1. The van der Waals surface area contributed by atoms with Crippen LogP contribution in [0.1, 0.15) is 26.7 Å². The summed E-state index contributed by atoms with van der Waals surface area (Å²) in [6.07, 6.45) is 3.97. The molecule has 2 amide bonds. The van der Waals surface area contributed by atoms with Crippen LogP contribution in [0.15, 0.2) is 36.5 Å². The monoisotopic (exact) mass is 273 g/mol. The van der Waals surface area contributed by atoms with E-state index < -0.39 is 0 Å². The molecule has 4 nitrogen and oxygen atoms in total. The summed E-state index contributed by atoms with van der Waals surface area (Å²) in [4.78, 5) is 11.6. The van der Waals surface area contributed by atoms with Crippen molar-refractivity contribution in [3.63, 3.8) is 0 Å². The van der Waals surface area contributed by atoms with Crippen LogP contribution in [0.5, 0.6) is 0 Å². The van der Waals surface area contributed by atoms with E-state index in [0.717, 1.165) is 19.4 Å². The normalized spacial score (nSPS) is 12.3. The Morgan fingerprint density at radius 2 is 2.10 bits per heavy atom. The van der Waals surface area contributed by atoms with Gasteiger partial charge < -0.3 is 15.2 Å². The number of nitrogens with one attached hydrogen (secondary N) is 2. The molecule has 1 aromatic carbocycles. The summed E-state index contributed by atoms with van der Waals surface area (Å²) < 4.78 is 2.23. The van der Waals surface area contributed by atoms with E-state index >= 15 is 0 Å². The standard InChI is InChI=1S/C16H23N3O/c1-3-13(2)18-16(20)17-10-6-11-19-12-9-14-7-4-5-8-15(14)19/h4-5,7-9,12-13H,3,6,10-11H2,1-2H3,(H2,17,18,20). The van der Waals surface area contributed by atoms with Crippen LogP contribution in [0.2, 0.25) is 0 Å². The Kier molecular flexibility index (Phi) is 5.04. The van der Waals surface area contributed by atoms with Gasteiger partial charge in [-0.3, -0.25) is 0 Å². The van der Waals surface area contributed by atoms with E-state index in [1.165, 1.54) is 10.9 Å². The molecule has 4 heteroatoms. The second kappa shape index (κ2) is 6.98. The molecule has 0 aliphatic carbocycles. The molecule has 0 saturated carbocycles. The van der Waals surface area contributed by atoms with Gasteiger partial charge in [-0.1, -0.05) is 25.1 Å². The molecule has 0 saturated heterocycles. The highest BCUT2D eigenvalue weighted by Gasteiger charge is 2.04. The predicted octanol–water partition coefficient (Wildman–Crippen LogP) is 3.13. The van der Waals surface area contributed by atoms with E-state index in [0.29, 0.717) is 6.54 Å². The zero-order valence-corrected chi connectivity index (χ0v) is 12.2. The Morgan fingerprint density at radius 3 is 2.90 bits per heavy atom. The molecule has 1 unspecified atom stereocenters. The predicted molar refractivity (Wildman–Crippen MR) is 82.8 cm³/mol. The first-order valence-electron chi connectivity index (χ1n) is 7.29. The molecule has 2 N–H and O–H groups in total. The minimum Gasteiger partial charge on any atom is -0.347 e. The van der Waals surface area contributed by atoms with Crippen molar-refractivity contribution in [1.29, 1.82) is 0 Å². The van der Waals surface area contributed by atoms with E-state index in [4.69, 9.17) is 0 Å². The zero-order chi connectivity index (χ0) is 14.4. The number of hydrogen-bond donors (Lipinski definition) is 2. The minimum atomic E-state index is -0.0725. The average molecular weight is 273 g/mol. The second-order valence-corrected chi connectivity index (χ2v) is 5.13. The van der Waals surface area contributed by atoms with Crippen LogP contribution in [-0.4, -0.2) is 23.2 Å². The highest BCUT2D eigenvalue weighted by atomic mass is 16.2. The molecule has 0 bridgehead atoms. The third-order valence-corrected chi connectivity index (χ3v) is 3.53. The molecular weight excluding hydrogens is 250 g/mol. The van der Waals surface area contributed by atoms with Crippen molar-refractivity contribution in [3.05, 3.63) is 36.5 Å². The van der Waals surface area contributed by atoms with Gasteiger partial charge in [-0.2, -0.15) is 0 Å². The van der Waals surface area contributed by atoms with Crippen molar-refractivity contribution < 1.29 is 4.79 Å². The number of fused-ring (bicyclic) bond motifs is 1. The lowest BCUT2D eigenvalue weighted by atomic mass is 10.2. The summed E-state index contributed by atoms with van der Waals surface area (Å²) >= 11 is 0. The summed E-state index contributed by atoms with van der Waals surface area (Å²) in [5.74, 6) is 0. The molecule has 108 valence electrons. The van der Waals surface area contributed by atoms with Gasteiger partial charge in [0.25, 0.3) is 0 Å². The van der Waals surface area contributed by atoms with Crippen LogP contribution in [0.3, 0.4) is 0 Å². The molecule has 20 heavy (non-hydrogen) atoms. The number of urea groups is 1. The quantitative estimate of drug-likeness (QED) is 0.780. The lowest BCUT2D eigenvalue weighted by molar-refractivity contribution is 0.237. The van der Waals surface area contributed by atoms with Gasteiger partial charge >= 0.3 is 6.03 Å². The Bertz CT molecular complexity index is 562. The lowest BCUT2D eigenvalue weighted by Gasteiger charge is -2.12. The number of rotatable bonds is 6. The van der Waals surface area contributed by atoms with Crippen molar-refractivity contribution in [1.82, 2.24) is 15.2 Å². The molecule has 0 aliphatic heterocycles. The van der Waals surface area contributed by atoms with Crippen molar-refractivity contribution in [3.8, 4) is 0 Å². The largest absolute Gasteiger partial charge is 0.347 e. The van der Waals surface area contributed by atoms with Gasteiger partial charge in [0.2, 0.25) is 0 Å². The molecule has 0 spiro atoms. The summed E-state index contributed by atoms with van der Waals surface area (Å²) in [6.45, 7) is 5.67. The van der Waals surface area contributed by atoms with E-state index in [9.17, 15) is 4.79 Å². The van der Waals surface area contributed by atoms with E-state index in [-0.39, 0.29) is 12.1 Å². The third-order valence-electron chi connectivity index (χ3n) is 3.53. The van der Waals surface area contributed by atoms with Crippen molar-refractivity contribution in [2.75, 3.05) is 6.54 Å². The molecular formula is C16H23N3O. The molecule has 0 aliphatic rings. The summed E-state index contributed by atoms with van der Waals surface area (Å²) in [6, 6.07) is 10.6. The molecule has 2 aromatic rings. The Hall–Kier alpha value is -1.97. The van der Waals surface area contributed by atoms with Crippen LogP contribution in [-0.2, 0) is 6.54 Å². The van der Waals surface area contributed by atoms with Crippen LogP contribution in [0.25, 0.3) is 10.9 Å². The van der Waals surface area contributed by atoms with Gasteiger partial charge in [0.05, 0.1) is 0 Å². The van der Waals surface area contributed by atoms with Crippen molar-refractivity contribution in [2.45, 2.75) is 39.3 Å². The molecule has 1 heterocycles. The number of nitrogens with zero attached hydrogens (tertiary/aromatic N) is 1. The van der Waals surface area contributed by atoms with Crippen molar-refractivity contribution in [2.24, 2.45) is 0 Å². The third kappa shape index (κ3) is 3.76. The number of carbonyl (C=O) groups excluding carboxylic acids is 1. The SMILES string of the molecule is CCC(C)NC(=O)NCCCn1ccc2ccccc21. The number of amides is 2. The maximum atomic E-state index is 11.6. The molecule has 1 atom stereocenters. The minimum absolute atomic E-state index is 0.0725. The first-order valence-corrected chi connectivity index (χ1v) is 7.29. The maximum Gasteiger partial charge on any atom is 0.314 e. The Morgan fingerprint density at radius 1 is 1.30 bits per heavy atom. The molecule has 0 radical (unpaired) electrons. The van der Waals surface area contributed by atoms with Gasteiger partial charge in [-0.15, -0.1) is 0 Å². The highest BCUT2D eigenvalue weighted by molar-refractivity contribution is 5.79. The fraction of sp³-hybridized carbons (Fsp3) is 0.438. The first-order chi connectivity index (χ1) is 9.70. The van der Waals surface area contributed by atoms with Gasteiger partial charge in [0.1, 0.15) is 0 Å². The smallest absolute Gasteiger partial charge is 0.314 e. The average Bonchev–Trinajstić information content (AvgIpc) is 2.87. The van der Waals surface area contributed by atoms with E-state index in [1.807, 2.05) is 13.0 Å². The summed E-state index contributed by atoms with van der Waals surface area (Å²) in [5.41, 5.74) is 1.25. The number of aromatic nitrogens is 1. The number of aryl methyl sites for hydroxylation is 1. The van der Waals surface area contributed by atoms with E-state index in [2.05, 4.69) is 52.6 Å². The summed E-state index contributed by atoms with van der Waals surface area (Å²) in [7, 11) is 0. The summed E-state index contributed by atoms with van der Waals surface area (Å²) in [5, 5.41) is 7.05. The fourth-order valence-electron chi connectivity index (χ4n) is 2.16. The first kappa shape index (κ1) is 14.4. The molecule has 1 aromatic heterocycles. The van der Waals surface area contributed by atoms with Gasteiger partial charge in [-0.25, -0.2) is 4.79 Å². The fourth-order valence-corrected chi connectivity index (χ4v) is 2.16. The Labute approximate surface area is 120 Å². The van der Waals surface area contributed by atoms with Crippen molar-refractivity contribution >= 4 is 16.9 Å². The number of hydrogen-bond acceptors (Lipinski definition) is 1. The van der Waals surface area contributed by atoms with Crippen LogP contribution < -0.4 is 10.6 Å². The Balaban J connectivity index is 1.75. The van der Waals surface area contributed by atoms with Gasteiger partial charge in [0, 0.05) is 30.8 Å². The number of para-hydroxylation sites is 1. The van der Waals surface area contributed by atoms with Gasteiger partial charge in [-0.05, 0) is 37.3 Å². The maximum absolute atomic E-state index is 11.6. The van der Waals surface area contributed by atoms with Crippen LogP contribution in [0, 0.1) is 0 Å². The number of benzene rings is 1.